The van der Waals surface area contributed by atoms with Crippen LogP contribution >= 0.6 is 0 Å². The number of nitrogens with one attached hydrogen (secondary N) is 1. The second-order valence-electron chi connectivity index (χ2n) is 3.95. The van der Waals surface area contributed by atoms with Crippen LogP contribution in [-0.2, 0) is 10.3 Å². The zero-order chi connectivity index (χ0) is 11.6. The highest BCUT2D eigenvalue weighted by atomic mass is 19.1. The molecule has 0 aliphatic heterocycles. The van der Waals surface area contributed by atoms with Crippen LogP contribution in [0.15, 0.2) is 24.3 Å². The number of nitriles is 1. The minimum absolute atomic E-state index is 0.184. The second kappa shape index (κ2) is 3.93. The Morgan fingerprint density at radius 1 is 1.50 bits per heavy atom. The van der Waals surface area contributed by atoms with Crippen LogP contribution in [0.4, 0.5) is 4.39 Å². The first kappa shape index (κ1) is 10.6. The van der Waals surface area contributed by atoms with Gasteiger partial charge in [0.2, 0.25) is 5.91 Å². The fourth-order valence-corrected chi connectivity index (χ4v) is 1.82. The Bertz CT molecular complexity index is 460. The molecule has 0 bridgehead atoms. The van der Waals surface area contributed by atoms with Gasteiger partial charge in [-0.2, -0.15) is 5.26 Å². The molecule has 1 fully saturated rings. The normalized spacial score (nSPS) is 16.2. The van der Waals surface area contributed by atoms with Crippen molar-refractivity contribution < 1.29 is 9.18 Å². The molecule has 0 aromatic heterocycles. The number of amides is 1. The number of hydrogen-bond acceptors (Lipinski definition) is 2. The molecule has 1 aliphatic rings. The zero-order valence-corrected chi connectivity index (χ0v) is 8.66. The van der Waals surface area contributed by atoms with E-state index in [-0.39, 0.29) is 18.1 Å². The molecule has 0 unspecified atom stereocenters. The van der Waals surface area contributed by atoms with Crippen LogP contribution in [0, 0.1) is 17.1 Å². The number of carbonyl (C=O) groups is 1. The number of halogens is 1. The molecule has 0 saturated heterocycles. The van der Waals surface area contributed by atoms with Gasteiger partial charge in [-0.25, -0.2) is 4.39 Å². The van der Waals surface area contributed by atoms with Crippen molar-refractivity contribution in [3.63, 3.8) is 0 Å². The summed E-state index contributed by atoms with van der Waals surface area (Å²) in [5.74, 6) is -0.652. The molecule has 1 N–H and O–H groups in total. The summed E-state index contributed by atoms with van der Waals surface area (Å²) >= 11 is 0. The van der Waals surface area contributed by atoms with Crippen LogP contribution in [0.2, 0.25) is 0 Å². The summed E-state index contributed by atoms with van der Waals surface area (Å²) in [5, 5.41) is 11.1. The average Bonchev–Trinajstić information content (AvgIpc) is 2.99. The van der Waals surface area contributed by atoms with Crippen LogP contribution in [0.25, 0.3) is 0 Å². The third kappa shape index (κ3) is 1.89. The minimum Gasteiger partial charge on any atom is -0.346 e. The van der Waals surface area contributed by atoms with Gasteiger partial charge in [0.25, 0.3) is 0 Å². The van der Waals surface area contributed by atoms with Gasteiger partial charge in [-0.1, -0.05) is 18.2 Å². The van der Waals surface area contributed by atoms with Crippen molar-refractivity contribution >= 4 is 5.91 Å². The van der Waals surface area contributed by atoms with Crippen LogP contribution in [-0.4, -0.2) is 5.91 Å². The van der Waals surface area contributed by atoms with Crippen molar-refractivity contribution in [1.29, 1.82) is 5.26 Å². The molecule has 82 valence electrons. The Kier molecular flexibility index (Phi) is 2.61. The molecule has 1 saturated carbocycles. The topological polar surface area (TPSA) is 52.9 Å². The standard InChI is InChI=1S/C12H11FN2O/c13-10-4-2-1-3-9(10)12(6-7-12)15-11(16)5-8-14/h1-4H,5-7H2,(H,15,16). The minimum atomic E-state index is -0.570. The van der Waals surface area contributed by atoms with Crippen molar-refractivity contribution in [3.8, 4) is 6.07 Å². The van der Waals surface area contributed by atoms with Gasteiger partial charge in [0, 0.05) is 5.56 Å². The lowest BCUT2D eigenvalue weighted by atomic mass is 10.0. The first-order valence-electron chi connectivity index (χ1n) is 5.11. The summed E-state index contributed by atoms with van der Waals surface area (Å²) in [6, 6.07) is 8.20. The fourth-order valence-electron chi connectivity index (χ4n) is 1.82. The molecule has 16 heavy (non-hydrogen) atoms. The van der Waals surface area contributed by atoms with E-state index < -0.39 is 5.54 Å². The molecular formula is C12H11FN2O. The van der Waals surface area contributed by atoms with Crippen LogP contribution in [0.1, 0.15) is 24.8 Å². The average molecular weight is 218 g/mol. The SMILES string of the molecule is N#CCC(=O)NC1(c2ccccc2F)CC1. The first-order valence-corrected chi connectivity index (χ1v) is 5.11. The van der Waals surface area contributed by atoms with Gasteiger partial charge in [0.05, 0.1) is 11.6 Å². The summed E-state index contributed by atoms with van der Waals surface area (Å²) in [6.45, 7) is 0. The lowest BCUT2D eigenvalue weighted by Crippen LogP contribution is -2.35. The number of carbonyl (C=O) groups excluding carboxylic acids is 1. The first-order chi connectivity index (χ1) is 7.68. The molecule has 0 heterocycles. The van der Waals surface area contributed by atoms with Crippen molar-refractivity contribution in [1.82, 2.24) is 5.32 Å². The highest BCUT2D eigenvalue weighted by Gasteiger charge is 2.47. The Morgan fingerprint density at radius 2 is 2.19 bits per heavy atom. The van der Waals surface area contributed by atoms with Gasteiger partial charge in [-0.3, -0.25) is 4.79 Å². The van der Waals surface area contributed by atoms with Gasteiger partial charge in [0.1, 0.15) is 12.2 Å². The highest BCUT2D eigenvalue weighted by Crippen LogP contribution is 2.46. The van der Waals surface area contributed by atoms with Crippen molar-refractivity contribution in [2.45, 2.75) is 24.8 Å². The van der Waals surface area contributed by atoms with E-state index in [4.69, 9.17) is 5.26 Å². The maximum absolute atomic E-state index is 13.5. The second-order valence-corrected chi connectivity index (χ2v) is 3.95. The molecular weight excluding hydrogens is 207 g/mol. The lowest BCUT2D eigenvalue weighted by molar-refractivity contribution is -0.121. The van der Waals surface area contributed by atoms with Gasteiger partial charge in [0.15, 0.2) is 0 Å². The molecule has 0 radical (unpaired) electrons. The number of benzene rings is 1. The molecule has 4 heteroatoms. The third-order valence-corrected chi connectivity index (χ3v) is 2.76. The summed E-state index contributed by atoms with van der Waals surface area (Å²) in [4.78, 5) is 11.3. The Morgan fingerprint density at radius 3 is 2.75 bits per heavy atom. The summed E-state index contributed by atoms with van der Waals surface area (Å²) in [6.07, 6.45) is 1.27. The van der Waals surface area contributed by atoms with Gasteiger partial charge in [-0.05, 0) is 18.9 Å². The van der Waals surface area contributed by atoms with Crippen molar-refractivity contribution in [2.75, 3.05) is 0 Å². The van der Waals surface area contributed by atoms with E-state index in [9.17, 15) is 9.18 Å². The monoisotopic (exact) mass is 218 g/mol. The molecule has 0 spiro atoms. The van der Waals surface area contributed by atoms with E-state index in [0.29, 0.717) is 5.56 Å². The highest BCUT2D eigenvalue weighted by molar-refractivity contribution is 5.79. The maximum atomic E-state index is 13.5. The number of rotatable bonds is 3. The smallest absolute Gasteiger partial charge is 0.234 e. The van der Waals surface area contributed by atoms with Crippen LogP contribution in [0.5, 0.6) is 0 Å². The Balaban J connectivity index is 2.18. The van der Waals surface area contributed by atoms with Crippen molar-refractivity contribution in [2.24, 2.45) is 0 Å². The Hall–Kier alpha value is -1.89. The Labute approximate surface area is 92.9 Å². The molecule has 2 rings (SSSR count). The van der Waals surface area contributed by atoms with Crippen LogP contribution < -0.4 is 5.32 Å². The van der Waals surface area contributed by atoms with E-state index in [1.807, 2.05) is 0 Å². The van der Waals surface area contributed by atoms with E-state index in [2.05, 4.69) is 5.32 Å². The predicted molar refractivity (Wildman–Crippen MR) is 55.7 cm³/mol. The van der Waals surface area contributed by atoms with Gasteiger partial charge in [-0.15, -0.1) is 0 Å². The largest absolute Gasteiger partial charge is 0.346 e. The number of nitrogens with zero attached hydrogens (tertiary/aromatic N) is 1. The molecule has 3 nitrogen and oxygen atoms in total. The third-order valence-electron chi connectivity index (χ3n) is 2.76. The van der Waals surface area contributed by atoms with E-state index >= 15 is 0 Å². The van der Waals surface area contributed by atoms with E-state index in [1.54, 1.807) is 24.3 Å². The summed E-state index contributed by atoms with van der Waals surface area (Å²) < 4.78 is 13.5. The van der Waals surface area contributed by atoms with Crippen molar-refractivity contribution in [3.05, 3.63) is 35.6 Å². The summed E-state index contributed by atoms with van der Waals surface area (Å²) in [5.41, 5.74) is -0.0551. The quantitative estimate of drug-likeness (QED) is 0.841. The molecule has 1 amide bonds. The maximum Gasteiger partial charge on any atom is 0.234 e. The van der Waals surface area contributed by atoms with Gasteiger partial charge >= 0.3 is 0 Å². The molecule has 1 aromatic rings. The molecule has 0 atom stereocenters. The molecule has 1 aromatic carbocycles. The predicted octanol–water partition coefficient (Wildman–Crippen LogP) is 1.84. The fraction of sp³-hybridized carbons (Fsp3) is 0.333. The number of hydrogen-bond donors (Lipinski definition) is 1. The lowest BCUT2D eigenvalue weighted by Gasteiger charge is -2.17. The van der Waals surface area contributed by atoms with Crippen LogP contribution in [0.3, 0.4) is 0 Å². The van der Waals surface area contributed by atoms with E-state index in [0.717, 1.165) is 12.8 Å². The molecule has 1 aliphatic carbocycles. The van der Waals surface area contributed by atoms with E-state index in [1.165, 1.54) is 6.07 Å². The zero-order valence-electron chi connectivity index (χ0n) is 8.66. The van der Waals surface area contributed by atoms with Gasteiger partial charge < -0.3 is 5.32 Å². The summed E-state index contributed by atoms with van der Waals surface area (Å²) in [7, 11) is 0.